The lowest BCUT2D eigenvalue weighted by atomic mass is 9.98. The molecule has 0 bridgehead atoms. The summed E-state index contributed by atoms with van der Waals surface area (Å²) in [5.74, 6) is -1.15. The van der Waals surface area contributed by atoms with Crippen molar-refractivity contribution in [1.29, 1.82) is 0 Å². The Morgan fingerprint density at radius 1 is 0.857 bits per heavy atom. The van der Waals surface area contributed by atoms with Crippen molar-refractivity contribution in [3.05, 3.63) is 120 Å². The molecule has 0 amide bonds. The van der Waals surface area contributed by atoms with Crippen LogP contribution in [-0.4, -0.2) is 41.6 Å². The van der Waals surface area contributed by atoms with Crippen LogP contribution in [0.5, 0.6) is 0 Å². The molecule has 0 saturated heterocycles. The van der Waals surface area contributed by atoms with Crippen LogP contribution in [0, 0.1) is 0 Å². The van der Waals surface area contributed by atoms with Gasteiger partial charge in [0.1, 0.15) is 6.04 Å². The maximum atomic E-state index is 13.1. The molecule has 4 rings (SSSR count). The van der Waals surface area contributed by atoms with E-state index in [1.54, 1.807) is 36.4 Å². The SMILES string of the molecule is CCCCCNC(=S)N(C)c1cccc(-c2ccc(CC(Nc3ccccc3C(=O)c3ccccc3)C(=O)O)cc2)c1. The molecule has 0 aromatic heterocycles. The first-order valence-electron chi connectivity index (χ1n) is 14.3. The molecule has 4 aromatic carbocycles. The highest BCUT2D eigenvalue weighted by atomic mass is 32.1. The third-order valence-electron chi connectivity index (χ3n) is 7.16. The smallest absolute Gasteiger partial charge is 0.326 e. The van der Waals surface area contributed by atoms with Gasteiger partial charge in [0, 0.05) is 42.5 Å². The minimum atomic E-state index is -0.990. The highest BCUT2D eigenvalue weighted by Crippen LogP contribution is 2.26. The zero-order valence-corrected chi connectivity index (χ0v) is 24.9. The van der Waals surface area contributed by atoms with Crippen LogP contribution in [0.1, 0.15) is 47.7 Å². The average Bonchev–Trinajstić information content (AvgIpc) is 3.03. The van der Waals surface area contributed by atoms with E-state index in [-0.39, 0.29) is 12.2 Å². The second-order valence-electron chi connectivity index (χ2n) is 10.2. The molecule has 4 aromatic rings. The predicted molar refractivity (Wildman–Crippen MR) is 175 cm³/mol. The molecule has 0 fully saturated rings. The van der Waals surface area contributed by atoms with Gasteiger partial charge in [-0.1, -0.05) is 98.6 Å². The summed E-state index contributed by atoms with van der Waals surface area (Å²) < 4.78 is 0. The second-order valence-corrected chi connectivity index (χ2v) is 10.6. The van der Waals surface area contributed by atoms with Crippen LogP contribution in [0.3, 0.4) is 0 Å². The Balaban J connectivity index is 1.45. The summed E-state index contributed by atoms with van der Waals surface area (Å²) in [4.78, 5) is 27.3. The molecule has 3 N–H and O–H groups in total. The van der Waals surface area contributed by atoms with Gasteiger partial charge in [-0.25, -0.2) is 4.79 Å². The Morgan fingerprint density at radius 3 is 2.29 bits per heavy atom. The van der Waals surface area contributed by atoms with Gasteiger partial charge in [-0.15, -0.1) is 0 Å². The zero-order valence-electron chi connectivity index (χ0n) is 24.0. The number of aliphatic carboxylic acids is 1. The summed E-state index contributed by atoms with van der Waals surface area (Å²) in [5.41, 5.74) is 5.41. The topological polar surface area (TPSA) is 81.7 Å². The van der Waals surface area contributed by atoms with Crippen LogP contribution in [0.4, 0.5) is 11.4 Å². The van der Waals surface area contributed by atoms with Crippen LogP contribution >= 0.6 is 12.2 Å². The van der Waals surface area contributed by atoms with Crippen molar-refractivity contribution in [3.63, 3.8) is 0 Å². The summed E-state index contributed by atoms with van der Waals surface area (Å²) in [6.45, 7) is 3.04. The average molecular weight is 580 g/mol. The molecule has 0 radical (unpaired) electrons. The number of carbonyl (C=O) groups excluding carboxylic acids is 1. The van der Waals surface area contributed by atoms with E-state index in [1.807, 2.05) is 72.6 Å². The Kier molecular flexibility index (Phi) is 10.8. The molecule has 0 aliphatic heterocycles. The predicted octanol–water partition coefficient (Wildman–Crippen LogP) is 7.19. The van der Waals surface area contributed by atoms with E-state index >= 15 is 0 Å². The first-order valence-corrected chi connectivity index (χ1v) is 14.7. The van der Waals surface area contributed by atoms with E-state index in [1.165, 1.54) is 12.8 Å². The molecule has 1 atom stereocenters. The largest absolute Gasteiger partial charge is 0.480 e. The van der Waals surface area contributed by atoms with Gasteiger partial charge in [-0.05, 0) is 59.6 Å². The molecule has 0 spiro atoms. The van der Waals surface area contributed by atoms with E-state index in [9.17, 15) is 14.7 Å². The number of hydrogen-bond donors (Lipinski definition) is 3. The number of thiocarbonyl (C=S) groups is 1. The number of nitrogens with one attached hydrogen (secondary N) is 2. The molecule has 6 nitrogen and oxygen atoms in total. The number of unbranched alkanes of at least 4 members (excludes halogenated alkanes) is 2. The molecule has 216 valence electrons. The number of para-hydroxylation sites is 1. The summed E-state index contributed by atoms with van der Waals surface area (Å²) in [5, 5.41) is 17.1. The molecule has 0 heterocycles. The van der Waals surface area contributed by atoms with Crippen LogP contribution in [0.2, 0.25) is 0 Å². The molecule has 0 saturated carbocycles. The lowest BCUT2D eigenvalue weighted by Crippen LogP contribution is -2.37. The minimum Gasteiger partial charge on any atom is -0.480 e. The third-order valence-corrected chi connectivity index (χ3v) is 7.58. The lowest BCUT2D eigenvalue weighted by molar-refractivity contribution is -0.137. The molecular weight excluding hydrogens is 542 g/mol. The Labute approximate surface area is 253 Å². The third kappa shape index (κ3) is 8.04. The van der Waals surface area contributed by atoms with E-state index in [2.05, 4.69) is 23.6 Å². The lowest BCUT2D eigenvalue weighted by Gasteiger charge is -2.22. The Hall–Kier alpha value is -4.49. The van der Waals surface area contributed by atoms with Gasteiger partial charge in [-0.2, -0.15) is 0 Å². The van der Waals surface area contributed by atoms with Crippen molar-refractivity contribution >= 4 is 40.5 Å². The molecule has 0 aliphatic carbocycles. The van der Waals surface area contributed by atoms with Crippen LogP contribution in [-0.2, 0) is 11.2 Å². The number of rotatable bonds is 13. The molecule has 0 aliphatic rings. The van der Waals surface area contributed by atoms with Crippen molar-refractivity contribution < 1.29 is 14.7 Å². The second kappa shape index (κ2) is 14.9. The highest BCUT2D eigenvalue weighted by Gasteiger charge is 2.21. The van der Waals surface area contributed by atoms with Crippen molar-refractivity contribution in [2.24, 2.45) is 0 Å². The van der Waals surface area contributed by atoms with Gasteiger partial charge in [0.05, 0.1) is 0 Å². The van der Waals surface area contributed by atoms with Crippen molar-refractivity contribution in [2.45, 2.75) is 38.6 Å². The van der Waals surface area contributed by atoms with Gasteiger partial charge in [-0.3, -0.25) is 4.79 Å². The van der Waals surface area contributed by atoms with Crippen molar-refractivity contribution in [1.82, 2.24) is 5.32 Å². The van der Waals surface area contributed by atoms with Gasteiger partial charge < -0.3 is 20.6 Å². The Bertz CT molecular complexity index is 1510. The minimum absolute atomic E-state index is 0.159. The van der Waals surface area contributed by atoms with E-state index < -0.39 is 12.0 Å². The fraction of sp³-hybridized carbons (Fsp3) is 0.229. The maximum Gasteiger partial charge on any atom is 0.326 e. The fourth-order valence-electron chi connectivity index (χ4n) is 4.71. The monoisotopic (exact) mass is 579 g/mol. The standard InChI is InChI=1S/C35H37N3O3S/c1-3-4-10-22-36-35(42)38(2)29-15-11-14-28(24-29)26-20-18-25(19-21-26)23-32(34(40)41)37-31-17-9-8-16-30(31)33(39)27-12-6-5-7-13-27/h5-9,11-21,24,32,37H,3-4,10,22-23H2,1-2H3,(H,36,42)(H,40,41). The quantitative estimate of drug-likeness (QED) is 0.0878. The normalized spacial score (nSPS) is 11.4. The molecular formula is C35H37N3O3S. The van der Waals surface area contributed by atoms with Crippen LogP contribution in [0.15, 0.2) is 103 Å². The summed E-state index contributed by atoms with van der Waals surface area (Å²) in [7, 11) is 1.96. The molecule has 42 heavy (non-hydrogen) atoms. The molecule has 7 heteroatoms. The number of benzene rings is 4. The number of hydrogen-bond acceptors (Lipinski definition) is 4. The summed E-state index contributed by atoms with van der Waals surface area (Å²) in [6, 6.07) is 31.2. The molecule has 1 unspecified atom stereocenters. The van der Waals surface area contributed by atoms with E-state index in [0.29, 0.717) is 21.9 Å². The maximum absolute atomic E-state index is 13.1. The van der Waals surface area contributed by atoms with Gasteiger partial charge >= 0.3 is 5.97 Å². The fourth-order valence-corrected chi connectivity index (χ4v) is 4.92. The van der Waals surface area contributed by atoms with Crippen LogP contribution < -0.4 is 15.5 Å². The van der Waals surface area contributed by atoms with Gasteiger partial charge in [0.15, 0.2) is 10.9 Å². The number of carboxylic acids is 1. The number of anilines is 2. The van der Waals surface area contributed by atoms with Crippen LogP contribution in [0.25, 0.3) is 11.1 Å². The van der Waals surface area contributed by atoms with E-state index in [0.717, 1.165) is 35.3 Å². The first kappa shape index (κ1) is 30.5. The summed E-state index contributed by atoms with van der Waals surface area (Å²) >= 11 is 5.58. The number of ketones is 1. The van der Waals surface area contributed by atoms with Gasteiger partial charge in [0.25, 0.3) is 0 Å². The number of carbonyl (C=O) groups is 2. The van der Waals surface area contributed by atoms with Gasteiger partial charge in [0.2, 0.25) is 0 Å². The van der Waals surface area contributed by atoms with E-state index in [4.69, 9.17) is 12.2 Å². The Morgan fingerprint density at radius 2 is 1.57 bits per heavy atom. The van der Waals surface area contributed by atoms with Crippen molar-refractivity contribution in [3.8, 4) is 11.1 Å². The number of carboxylic acid groups (broad SMARTS) is 1. The summed E-state index contributed by atoms with van der Waals surface area (Å²) in [6.07, 6.45) is 3.69. The zero-order chi connectivity index (χ0) is 29.9. The first-order chi connectivity index (χ1) is 20.4. The van der Waals surface area contributed by atoms with Crippen molar-refractivity contribution in [2.75, 3.05) is 23.8 Å². The number of nitrogens with zero attached hydrogens (tertiary/aromatic N) is 1. The highest BCUT2D eigenvalue weighted by molar-refractivity contribution is 7.80.